The maximum atomic E-state index is 11.0. The van der Waals surface area contributed by atoms with Crippen LogP contribution in [0.1, 0.15) is 31.1 Å². The minimum Gasteiger partial charge on any atom is -0.543 e. The molecule has 0 saturated heterocycles. The minimum atomic E-state index is -1.93. The highest BCUT2D eigenvalue weighted by molar-refractivity contribution is 6.74. The van der Waals surface area contributed by atoms with Gasteiger partial charge in [-0.05, 0) is 36.3 Å². The summed E-state index contributed by atoms with van der Waals surface area (Å²) >= 11 is 5.94. The molecule has 17 heavy (non-hydrogen) atoms. The van der Waals surface area contributed by atoms with Gasteiger partial charge >= 0.3 is 0 Å². The fourth-order valence-electron chi connectivity index (χ4n) is 1.12. The van der Waals surface area contributed by atoms with Crippen molar-refractivity contribution in [2.75, 3.05) is 0 Å². The quantitative estimate of drug-likeness (QED) is 0.596. The van der Waals surface area contributed by atoms with Crippen molar-refractivity contribution in [3.8, 4) is 5.75 Å². The number of hydrogen-bond acceptors (Lipinski definition) is 2. The molecule has 1 rings (SSSR count). The van der Waals surface area contributed by atoms with Crippen molar-refractivity contribution in [1.29, 1.82) is 0 Å². The summed E-state index contributed by atoms with van der Waals surface area (Å²) in [6, 6.07) is 5.10. The zero-order valence-corrected chi connectivity index (χ0v) is 12.8. The number of halogens is 1. The van der Waals surface area contributed by atoms with E-state index in [1.807, 2.05) is 0 Å². The Balaban J connectivity index is 3.10. The number of benzene rings is 1. The maximum Gasteiger partial charge on any atom is 0.250 e. The third-order valence-electron chi connectivity index (χ3n) is 3.27. The van der Waals surface area contributed by atoms with Gasteiger partial charge in [-0.3, -0.25) is 4.79 Å². The van der Waals surface area contributed by atoms with Crippen LogP contribution in [0.15, 0.2) is 18.2 Å². The summed E-state index contributed by atoms with van der Waals surface area (Å²) in [6.07, 6.45) is 0.804. The lowest BCUT2D eigenvalue weighted by atomic mass is 10.2. The summed E-state index contributed by atoms with van der Waals surface area (Å²) in [5.74, 6) is 0.596. The third-order valence-corrected chi connectivity index (χ3v) is 7.85. The molecule has 0 aliphatic carbocycles. The standard InChI is InChI=1S/C13H19ClO2Si/c1-13(2,3)17(4,5)16-12-8-11(14)7-6-10(12)9-15/h6-9H,1-5H3. The van der Waals surface area contributed by atoms with Crippen LogP contribution in [-0.2, 0) is 0 Å². The lowest BCUT2D eigenvalue weighted by Gasteiger charge is -2.36. The molecular weight excluding hydrogens is 252 g/mol. The van der Waals surface area contributed by atoms with Gasteiger partial charge in [0.2, 0.25) is 0 Å². The first-order chi connectivity index (χ1) is 7.67. The van der Waals surface area contributed by atoms with Gasteiger partial charge in [0.25, 0.3) is 8.32 Å². The van der Waals surface area contributed by atoms with E-state index in [2.05, 4.69) is 33.9 Å². The van der Waals surface area contributed by atoms with Crippen LogP contribution in [0.5, 0.6) is 5.75 Å². The number of carbonyl (C=O) groups excluding carboxylic acids is 1. The Bertz CT molecular complexity index is 422. The highest BCUT2D eigenvalue weighted by Gasteiger charge is 2.39. The van der Waals surface area contributed by atoms with Gasteiger partial charge in [-0.2, -0.15) is 0 Å². The van der Waals surface area contributed by atoms with Crippen molar-refractivity contribution >= 4 is 26.2 Å². The second-order valence-corrected chi connectivity index (χ2v) is 10.8. The molecule has 0 amide bonds. The van der Waals surface area contributed by atoms with Gasteiger partial charge in [-0.25, -0.2) is 0 Å². The molecule has 0 atom stereocenters. The van der Waals surface area contributed by atoms with Crippen molar-refractivity contribution in [2.45, 2.75) is 38.9 Å². The second-order valence-electron chi connectivity index (χ2n) is 5.66. The van der Waals surface area contributed by atoms with E-state index in [1.165, 1.54) is 0 Å². The van der Waals surface area contributed by atoms with Crippen molar-refractivity contribution < 1.29 is 9.22 Å². The molecule has 1 aromatic rings. The van der Waals surface area contributed by atoms with Gasteiger partial charge < -0.3 is 4.43 Å². The predicted octanol–water partition coefficient (Wildman–Crippen LogP) is 4.54. The number of aldehydes is 1. The largest absolute Gasteiger partial charge is 0.543 e. The molecule has 0 spiro atoms. The first kappa shape index (κ1) is 14.3. The maximum absolute atomic E-state index is 11.0. The van der Waals surface area contributed by atoms with E-state index in [-0.39, 0.29) is 5.04 Å². The van der Waals surface area contributed by atoms with Crippen LogP contribution < -0.4 is 4.43 Å². The first-order valence-corrected chi connectivity index (χ1v) is 8.90. The molecule has 1 aromatic carbocycles. The lowest BCUT2D eigenvalue weighted by Crippen LogP contribution is -2.44. The molecule has 0 unspecified atom stereocenters. The highest BCUT2D eigenvalue weighted by atomic mass is 35.5. The summed E-state index contributed by atoms with van der Waals surface area (Å²) < 4.78 is 6.09. The summed E-state index contributed by atoms with van der Waals surface area (Å²) in [6.45, 7) is 10.8. The Morgan fingerprint density at radius 2 is 1.88 bits per heavy atom. The molecule has 4 heteroatoms. The molecule has 0 radical (unpaired) electrons. The first-order valence-electron chi connectivity index (χ1n) is 5.61. The number of hydrogen-bond donors (Lipinski definition) is 0. The summed E-state index contributed by atoms with van der Waals surface area (Å²) in [4.78, 5) is 11.0. The van der Waals surface area contributed by atoms with Gasteiger partial charge in [0, 0.05) is 5.02 Å². The van der Waals surface area contributed by atoms with E-state index in [9.17, 15) is 4.79 Å². The summed E-state index contributed by atoms with van der Waals surface area (Å²) in [5.41, 5.74) is 0.555. The summed E-state index contributed by atoms with van der Waals surface area (Å²) in [5, 5.41) is 0.680. The smallest absolute Gasteiger partial charge is 0.250 e. The van der Waals surface area contributed by atoms with Crippen LogP contribution in [0.25, 0.3) is 0 Å². The van der Waals surface area contributed by atoms with Crippen molar-refractivity contribution in [3.63, 3.8) is 0 Å². The van der Waals surface area contributed by atoms with Crippen molar-refractivity contribution in [1.82, 2.24) is 0 Å². The average Bonchev–Trinajstić information content (AvgIpc) is 2.15. The molecule has 0 fully saturated rings. The van der Waals surface area contributed by atoms with Gasteiger partial charge in [-0.15, -0.1) is 0 Å². The Morgan fingerprint density at radius 1 is 1.29 bits per heavy atom. The molecule has 0 N–H and O–H groups in total. The van der Waals surface area contributed by atoms with Crippen LogP contribution >= 0.6 is 11.6 Å². The molecule has 0 aromatic heterocycles. The molecule has 0 heterocycles. The number of rotatable bonds is 3. The van der Waals surface area contributed by atoms with Gasteiger partial charge in [0.1, 0.15) is 5.75 Å². The van der Waals surface area contributed by atoms with E-state index in [0.717, 1.165) is 6.29 Å². The van der Waals surface area contributed by atoms with E-state index in [0.29, 0.717) is 16.3 Å². The molecule has 94 valence electrons. The summed E-state index contributed by atoms with van der Waals surface area (Å²) in [7, 11) is -1.93. The Morgan fingerprint density at radius 3 is 2.35 bits per heavy atom. The van der Waals surface area contributed by atoms with Gasteiger partial charge in [0.05, 0.1) is 5.56 Å². The third kappa shape index (κ3) is 3.33. The van der Waals surface area contributed by atoms with Gasteiger partial charge in [-0.1, -0.05) is 32.4 Å². The van der Waals surface area contributed by atoms with Crippen LogP contribution in [0.3, 0.4) is 0 Å². The van der Waals surface area contributed by atoms with Gasteiger partial charge in [0.15, 0.2) is 6.29 Å². The van der Waals surface area contributed by atoms with Crippen LogP contribution in [0, 0.1) is 0 Å². The Hall–Kier alpha value is -0.803. The predicted molar refractivity (Wildman–Crippen MR) is 74.7 cm³/mol. The van der Waals surface area contributed by atoms with Crippen LogP contribution in [-0.4, -0.2) is 14.6 Å². The highest BCUT2D eigenvalue weighted by Crippen LogP contribution is 2.38. The van der Waals surface area contributed by atoms with E-state index in [1.54, 1.807) is 18.2 Å². The van der Waals surface area contributed by atoms with Crippen LogP contribution in [0.2, 0.25) is 23.2 Å². The molecule has 0 aliphatic rings. The normalized spacial score (nSPS) is 12.4. The van der Waals surface area contributed by atoms with Crippen molar-refractivity contribution in [2.24, 2.45) is 0 Å². The minimum absolute atomic E-state index is 0.0927. The zero-order chi connectivity index (χ0) is 13.3. The topological polar surface area (TPSA) is 26.3 Å². The lowest BCUT2D eigenvalue weighted by molar-refractivity contribution is 0.112. The Kier molecular flexibility index (Phi) is 4.05. The molecule has 0 bridgehead atoms. The molecular formula is C13H19ClO2Si. The Labute approximate surface area is 109 Å². The zero-order valence-electron chi connectivity index (χ0n) is 11.0. The molecule has 0 saturated carbocycles. The second kappa shape index (κ2) is 4.82. The number of carbonyl (C=O) groups is 1. The average molecular weight is 271 g/mol. The van der Waals surface area contributed by atoms with E-state index < -0.39 is 8.32 Å². The van der Waals surface area contributed by atoms with Crippen molar-refractivity contribution in [3.05, 3.63) is 28.8 Å². The molecule has 2 nitrogen and oxygen atoms in total. The SMILES string of the molecule is CC(C)(C)[Si](C)(C)Oc1cc(Cl)ccc1C=O. The van der Waals surface area contributed by atoms with Crippen LogP contribution in [0.4, 0.5) is 0 Å². The fourth-order valence-corrected chi connectivity index (χ4v) is 2.32. The van der Waals surface area contributed by atoms with E-state index >= 15 is 0 Å². The monoisotopic (exact) mass is 270 g/mol. The molecule has 0 aliphatic heterocycles. The van der Waals surface area contributed by atoms with E-state index in [4.69, 9.17) is 16.0 Å². The fraction of sp³-hybridized carbons (Fsp3) is 0.462.